The van der Waals surface area contributed by atoms with E-state index in [1.165, 1.54) is 22.3 Å². The van der Waals surface area contributed by atoms with E-state index in [1.54, 1.807) is 18.3 Å². The van der Waals surface area contributed by atoms with Gasteiger partial charge in [0.1, 0.15) is 11.4 Å². The lowest BCUT2D eigenvalue weighted by atomic mass is 10.0. The lowest BCUT2D eigenvalue weighted by Gasteiger charge is -2.28. The van der Waals surface area contributed by atoms with Gasteiger partial charge in [-0.3, -0.25) is 4.90 Å². The number of anilines is 1. The van der Waals surface area contributed by atoms with Crippen LogP contribution < -0.4 is 4.90 Å². The third-order valence-corrected chi connectivity index (χ3v) is 6.44. The average Bonchev–Trinajstić information content (AvgIpc) is 3.33. The number of carboxylic acids is 1. The second-order valence-corrected chi connectivity index (χ2v) is 8.38. The fraction of sp³-hybridized carbons (Fsp3) is 0.333. The molecule has 1 aliphatic heterocycles. The van der Waals surface area contributed by atoms with Crippen LogP contribution in [0.4, 0.5) is 5.82 Å². The number of aromatic carboxylic acids is 1. The zero-order valence-electron chi connectivity index (χ0n) is 18.9. The second kappa shape index (κ2) is 9.96. The molecule has 166 valence electrons. The van der Waals surface area contributed by atoms with E-state index >= 15 is 0 Å². The van der Waals surface area contributed by atoms with Gasteiger partial charge in [0.15, 0.2) is 0 Å². The van der Waals surface area contributed by atoms with Crippen molar-refractivity contribution in [2.24, 2.45) is 0 Å². The molecule has 1 N–H and O–H groups in total. The van der Waals surface area contributed by atoms with Crippen LogP contribution in [0.1, 0.15) is 41.8 Å². The number of aromatic nitrogens is 1. The maximum absolute atomic E-state index is 11.6. The van der Waals surface area contributed by atoms with Crippen LogP contribution in [0.15, 0.2) is 66.9 Å². The standard InChI is InChI=1S/C27H31N3O2/c1-3-20-7-11-22(12-8-20)23-13-9-21(10-14-23)18-29(4-2)24-15-17-30(19-24)26-25(27(31)32)6-5-16-28-26/h5-14,16,24H,3-4,15,17-19H2,1-2H3,(H,31,32)/t24-/m1/s1. The van der Waals surface area contributed by atoms with Crippen molar-refractivity contribution in [2.45, 2.75) is 39.3 Å². The molecule has 0 unspecified atom stereocenters. The van der Waals surface area contributed by atoms with Crippen LogP contribution in [0.5, 0.6) is 0 Å². The van der Waals surface area contributed by atoms with E-state index in [4.69, 9.17) is 0 Å². The van der Waals surface area contributed by atoms with Gasteiger partial charge in [0.2, 0.25) is 0 Å². The van der Waals surface area contributed by atoms with Crippen molar-refractivity contribution in [3.8, 4) is 11.1 Å². The minimum Gasteiger partial charge on any atom is -0.478 e. The normalized spacial score (nSPS) is 16.0. The number of aryl methyl sites for hydroxylation is 1. The third-order valence-electron chi connectivity index (χ3n) is 6.44. The number of carboxylic acid groups (broad SMARTS) is 1. The first kappa shape index (κ1) is 22.0. The van der Waals surface area contributed by atoms with Gasteiger partial charge in [-0.2, -0.15) is 0 Å². The number of pyridine rings is 1. The Bertz CT molecular complexity index is 1050. The predicted octanol–water partition coefficient (Wildman–Crippen LogP) is 5.11. The molecule has 1 saturated heterocycles. The van der Waals surface area contributed by atoms with Crippen LogP contribution in [0.3, 0.4) is 0 Å². The zero-order valence-corrected chi connectivity index (χ0v) is 18.9. The Balaban J connectivity index is 1.42. The first-order chi connectivity index (χ1) is 15.6. The van der Waals surface area contributed by atoms with Crippen LogP contribution in [0.2, 0.25) is 0 Å². The summed E-state index contributed by atoms with van der Waals surface area (Å²) in [5.74, 6) is -0.342. The van der Waals surface area contributed by atoms with Crippen molar-refractivity contribution in [1.82, 2.24) is 9.88 Å². The summed E-state index contributed by atoms with van der Waals surface area (Å²) in [6.07, 6.45) is 3.73. The van der Waals surface area contributed by atoms with E-state index in [0.29, 0.717) is 11.9 Å². The largest absolute Gasteiger partial charge is 0.478 e. The highest BCUT2D eigenvalue weighted by Crippen LogP contribution is 2.26. The molecule has 2 aromatic carbocycles. The summed E-state index contributed by atoms with van der Waals surface area (Å²) in [5, 5.41) is 9.50. The highest BCUT2D eigenvalue weighted by molar-refractivity contribution is 5.93. The lowest BCUT2D eigenvalue weighted by molar-refractivity contribution is 0.0697. The van der Waals surface area contributed by atoms with E-state index < -0.39 is 5.97 Å². The summed E-state index contributed by atoms with van der Waals surface area (Å²) >= 11 is 0. The van der Waals surface area contributed by atoms with E-state index in [2.05, 4.69) is 77.2 Å². The molecule has 0 aliphatic carbocycles. The summed E-state index contributed by atoms with van der Waals surface area (Å²) in [5.41, 5.74) is 5.41. The third kappa shape index (κ3) is 4.83. The number of hydrogen-bond acceptors (Lipinski definition) is 4. The van der Waals surface area contributed by atoms with Gasteiger partial charge in [-0.1, -0.05) is 62.4 Å². The van der Waals surface area contributed by atoms with Gasteiger partial charge in [-0.15, -0.1) is 0 Å². The van der Waals surface area contributed by atoms with E-state index in [-0.39, 0.29) is 5.56 Å². The van der Waals surface area contributed by atoms with Crippen molar-refractivity contribution < 1.29 is 9.90 Å². The number of rotatable bonds is 8. The van der Waals surface area contributed by atoms with E-state index in [9.17, 15) is 9.90 Å². The molecule has 0 bridgehead atoms. The van der Waals surface area contributed by atoms with Crippen molar-refractivity contribution in [3.63, 3.8) is 0 Å². The summed E-state index contributed by atoms with van der Waals surface area (Å²) in [7, 11) is 0. The monoisotopic (exact) mass is 429 g/mol. The molecule has 5 nitrogen and oxygen atoms in total. The van der Waals surface area contributed by atoms with Crippen LogP contribution in [0, 0.1) is 0 Å². The van der Waals surface area contributed by atoms with Crippen molar-refractivity contribution in [2.75, 3.05) is 24.5 Å². The lowest BCUT2D eigenvalue weighted by Crippen LogP contribution is -2.37. The Labute approximate surface area is 190 Å². The van der Waals surface area contributed by atoms with Gasteiger partial charge in [0.25, 0.3) is 0 Å². The fourth-order valence-electron chi connectivity index (χ4n) is 4.52. The minimum absolute atomic E-state index is 0.277. The molecule has 0 amide bonds. The van der Waals surface area contributed by atoms with Gasteiger partial charge in [-0.05, 0) is 53.8 Å². The molecule has 32 heavy (non-hydrogen) atoms. The average molecular weight is 430 g/mol. The Morgan fingerprint density at radius 2 is 1.69 bits per heavy atom. The second-order valence-electron chi connectivity index (χ2n) is 8.38. The van der Waals surface area contributed by atoms with Crippen LogP contribution in [-0.2, 0) is 13.0 Å². The van der Waals surface area contributed by atoms with Gasteiger partial charge < -0.3 is 10.0 Å². The SMILES string of the molecule is CCc1ccc(-c2ccc(CN(CC)[C@@H]3CCN(c4ncccc4C(=O)O)C3)cc2)cc1. The topological polar surface area (TPSA) is 56.7 Å². The maximum Gasteiger partial charge on any atom is 0.339 e. The molecule has 1 atom stereocenters. The Hall–Kier alpha value is -3.18. The highest BCUT2D eigenvalue weighted by atomic mass is 16.4. The Kier molecular flexibility index (Phi) is 6.86. The fourth-order valence-corrected chi connectivity index (χ4v) is 4.52. The number of carbonyl (C=O) groups is 1. The van der Waals surface area contributed by atoms with Crippen LogP contribution in [-0.4, -0.2) is 46.6 Å². The Morgan fingerprint density at radius 1 is 1.03 bits per heavy atom. The van der Waals surface area contributed by atoms with Crippen molar-refractivity contribution >= 4 is 11.8 Å². The summed E-state index contributed by atoms with van der Waals surface area (Å²) in [6.45, 7) is 7.83. The predicted molar refractivity (Wildman–Crippen MR) is 129 cm³/mol. The van der Waals surface area contributed by atoms with Gasteiger partial charge in [-0.25, -0.2) is 9.78 Å². The molecule has 1 fully saturated rings. The summed E-state index contributed by atoms with van der Waals surface area (Å²) in [6, 6.07) is 21.3. The van der Waals surface area contributed by atoms with E-state index in [1.807, 2.05) is 0 Å². The molecule has 1 aliphatic rings. The summed E-state index contributed by atoms with van der Waals surface area (Å²) in [4.78, 5) is 20.5. The van der Waals surface area contributed by atoms with Gasteiger partial charge >= 0.3 is 5.97 Å². The van der Waals surface area contributed by atoms with E-state index in [0.717, 1.165) is 39.0 Å². The molecular weight excluding hydrogens is 398 g/mol. The minimum atomic E-state index is -0.923. The van der Waals surface area contributed by atoms with Crippen molar-refractivity contribution in [3.05, 3.63) is 83.6 Å². The zero-order chi connectivity index (χ0) is 22.5. The van der Waals surface area contributed by atoms with Crippen LogP contribution >= 0.6 is 0 Å². The van der Waals surface area contributed by atoms with Gasteiger partial charge in [0.05, 0.1) is 0 Å². The Morgan fingerprint density at radius 3 is 2.28 bits per heavy atom. The van der Waals surface area contributed by atoms with Gasteiger partial charge in [0, 0.05) is 31.9 Å². The molecule has 3 aromatic rings. The first-order valence-electron chi connectivity index (χ1n) is 11.4. The maximum atomic E-state index is 11.6. The number of benzene rings is 2. The molecule has 0 spiro atoms. The quantitative estimate of drug-likeness (QED) is 0.539. The molecule has 1 aromatic heterocycles. The number of nitrogens with zero attached hydrogens (tertiary/aromatic N) is 3. The molecular formula is C27H31N3O2. The molecule has 2 heterocycles. The molecule has 5 heteroatoms. The highest BCUT2D eigenvalue weighted by Gasteiger charge is 2.29. The molecule has 0 saturated carbocycles. The van der Waals surface area contributed by atoms with Crippen molar-refractivity contribution in [1.29, 1.82) is 0 Å². The molecule has 0 radical (unpaired) electrons. The number of likely N-dealkylation sites (N-methyl/N-ethyl adjacent to an activating group) is 1. The van der Waals surface area contributed by atoms with Crippen LogP contribution in [0.25, 0.3) is 11.1 Å². The number of hydrogen-bond donors (Lipinski definition) is 1. The molecule has 4 rings (SSSR count). The first-order valence-corrected chi connectivity index (χ1v) is 11.4. The smallest absolute Gasteiger partial charge is 0.339 e. The summed E-state index contributed by atoms with van der Waals surface area (Å²) < 4.78 is 0.